The first-order valence-electron chi connectivity index (χ1n) is 7.62. The molecule has 2 heteroatoms. The van der Waals surface area contributed by atoms with Gasteiger partial charge in [-0.05, 0) is 12.8 Å². The second-order valence-electron chi connectivity index (χ2n) is 6.61. The fourth-order valence-electron chi connectivity index (χ4n) is 4.29. The van der Waals surface area contributed by atoms with Gasteiger partial charge in [0.05, 0.1) is 0 Å². The summed E-state index contributed by atoms with van der Waals surface area (Å²) >= 11 is 0. The Kier molecular flexibility index (Phi) is 3.93. The smallest absolute Gasteiger partial charge is 0.213 e. The van der Waals surface area contributed by atoms with Crippen LogP contribution in [0.15, 0.2) is 0 Å². The van der Waals surface area contributed by atoms with Crippen molar-refractivity contribution in [2.75, 3.05) is 0 Å². The highest BCUT2D eigenvalue weighted by Gasteiger charge is 2.52. The molecule has 0 aromatic carbocycles. The van der Waals surface area contributed by atoms with Crippen molar-refractivity contribution in [3.63, 3.8) is 0 Å². The number of nitrogens with zero attached hydrogens (tertiary/aromatic N) is 2. The maximum Gasteiger partial charge on any atom is 0.213 e. The molecule has 0 aromatic heterocycles. The van der Waals surface area contributed by atoms with Crippen molar-refractivity contribution < 1.29 is 9.15 Å². The van der Waals surface area contributed by atoms with Crippen molar-refractivity contribution in [2.24, 2.45) is 0 Å². The molecular formula is C16H30N2+2. The summed E-state index contributed by atoms with van der Waals surface area (Å²) in [5.74, 6) is 0. The van der Waals surface area contributed by atoms with Crippen LogP contribution in [0.3, 0.4) is 0 Å². The van der Waals surface area contributed by atoms with E-state index in [9.17, 15) is 0 Å². The van der Waals surface area contributed by atoms with E-state index in [1.54, 1.807) is 0 Å². The van der Waals surface area contributed by atoms with Gasteiger partial charge in [0, 0.05) is 54.4 Å². The molecule has 1 aliphatic heterocycles. The van der Waals surface area contributed by atoms with E-state index in [0.29, 0.717) is 12.1 Å². The lowest BCUT2D eigenvalue weighted by molar-refractivity contribution is -0.761. The number of fused-ring (bicyclic) bond motifs is 1. The van der Waals surface area contributed by atoms with Gasteiger partial charge in [-0.25, -0.2) is 9.15 Å². The monoisotopic (exact) mass is 250 g/mol. The largest absolute Gasteiger partial charge is 0.219 e. The molecule has 2 aliphatic rings. The molecule has 18 heavy (non-hydrogen) atoms. The number of hydrogen-bond donors (Lipinski definition) is 0. The molecule has 2 fully saturated rings. The number of hydrogen-bond acceptors (Lipinski definition) is 0. The Morgan fingerprint density at radius 3 is 1.33 bits per heavy atom. The fourth-order valence-corrected chi connectivity index (χ4v) is 4.29. The zero-order valence-corrected chi connectivity index (χ0v) is 13.0. The molecule has 2 rings (SSSR count). The van der Waals surface area contributed by atoms with E-state index in [1.165, 1.54) is 37.1 Å². The Hall–Kier alpha value is -0.660. The van der Waals surface area contributed by atoms with Crippen LogP contribution < -0.4 is 0 Å². The Morgan fingerprint density at radius 2 is 1.06 bits per heavy atom. The summed E-state index contributed by atoms with van der Waals surface area (Å²) in [5, 5.41) is 0. The van der Waals surface area contributed by atoms with Gasteiger partial charge in [-0.3, -0.25) is 0 Å². The molecule has 1 saturated heterocycles. The van der Waals surface area contributed by atoms with Gasteiger partial charge in [0.15, 0.2) is 0 Å². The molecule has 0 aromatic rings. The lowest BCUT2D eigenvalue weighted by atomic mass is 9.84. The number of rotatable bonds is 0. The Balaban J connectivity index is 2.49. The van der Waals surface area contributed by atoms with E-state index in [4.69, 9.17) is 0 Å². The molecule has 2 nitrogen and oxygen atoms in total. The molecule has 1 aliphatic carbocycles. The van der Waals surface area contributed by atoms with Crippen molar-refractivity contribution in [2.45, 2.75) is 91.4 Å². The molecule has 4 unspecified atom stereocenters. The maximum absolute atomic E-state index is 2.72. The molecule has 0 spiro atoms. The van der Waals surface area contributed by atoms with Crippen LogP contribution in [0.5, 0.6) is 0 Å². The van der Waals surface area contributed by atoms with E-state index >= 15 is 0 Å². The minimum atomic E-state index is 0.629. The van der Waals surface area contributed by atoms with Gasteiger partial charge < -0.3 is 0 Å². The predicted octanol–water partition coefficient (Wildman–Crippen LogP) is 3.07. The first kappa shape index (κ1) is 13.8. The van der Waals surface area contributed by atoms with E-state index in [-0.39, 0.29) is 0 Å². The van der Waals surface area contributed by atoms with Gasteiger partial charge in [0.25, 0.3) is 0 Å². The average Bonchev–Trinajstić information content (AvgIpc) is 2.29. The van der Waals surface area contributed by atoms with Gasteiger partial charge in [-0.1, -0.05) is 0 Å². The molecule has 1 heterocycles. The number of piperazine rings is 1. The van der Waals surface area contributed by atoms with Crippen LogP contribution in [0.2, 0.25) is 0 Å². The average molecular weight is 250 g/mol. The second-order valence-corrected chi connectivity index (χ2v) is 6.61. The summed E-state index contributed by atoms with van der Waals surface area (Å²) in [6, 6.07) is 2.74. The highest BCUT2D eigenvalue weighted by Crippen LogP contribution is 2.31. The van der Waals surface area contributed by atoms with E-state index in [2.05, 4.69) is 50.7 Å². The molecular weight excluding hydrogens is 220 g/mol. The van der Waals surface area contributed by atoms with Crippen molar-refractivity contribution in [1.82, 2.24) is 0 Å². The van der Waals surface area contributed by atoms with Gasteiger partial charge in [-0.2, -0.15) is 0 Å². The zero-order valence-electron chi connectivity index (χ0n) is 13.0. The van der Waals surface area contributed by atoms with Gasteiger partial charge >= 0.3 is 0 Å². The molecule has 1 saturated carbocycles. The third kappa shape index (κ3) is 2.15. The Morgan fingerprint density at radius 1 is 0.722 bits per heavy atom. The van der Waals surface area contributed by atoms with Crippen molar-refractivity contribution in [3.8, 4) is 0 Å². The summed E-state index contributed by atoms with van der Waals surface area (Å²) in [4.78, 5) is 0. The van der Waals surface area contributed by atoms with Gasteiger partial charge in [0.2, 0.25) is 24.2 Å². The lowest BCUT2D eigenvalue weighted by Crippen LogP contribution is -2.62. The first-order chi connectivity index (χ1) is 8.45. The van der Waals surface area contributed by atoms with E-state index in [1.807, 2.05) is 0 Å². The van der Waals surface area contributed by atoms with Crippen LogP contribution in [0.25, 0.3) is 0 Å². The standard InChI is InChI=1S/C16H30N2/c1-11(2)17-13(5)14(6)18(12(3)4)16-10-8-7-9-15(16)17/h13-16H,7-10H2,1-6H3/q+2. The lowest BCUT2D eigenvalue weighted by Gasteiger charge is -2.38. The van der Waals surface area contributed by atoms with Crippen LogP contribution in [-0.4, -0.2) is 44.7 Å². The minimum Gasteiger partial charge on any atom is -0.219 e. The summed E-state index contributed by atoms with van der Waals surface area (Å²) < 4.78 is 5.43. The summed E-state index contributed by atoms with van der Waals surface area (Å²) in [6.07, 6.45) is 5.55. The van der Waals surface area contributed by atoms with Crippen LogP contribution in [0.1, 0.15) is 67.2 Å². The van der Waals surface area contributed by atoms with E-state index in [0.717, 1.165) is 12.1 Å². The normalized spacial score (nSPS) is 36.3. The molecule has 4 atom stereocenters. The van der Waals surface area contributed by atoms with Crippen LogP contribution >= 0.6 is 0 Å². The summed E-state index contributed by atoms with van der Waals surface area (Å²) in [7, 11) is 0. The predicted molar refractivity (Wildman–Crippen MR) is 78.2 cm³/mol. The molecule has 102 valence electrons. The maximum atomic E-state index is 2.72. The SMILES string of the molecule is CC(C)=[N+]1C(C)C(C)[N+](=C(C)C)C2CCCCC21. The third-order valence-corrected chi connectivity index (χ3v) is 5.02. The highest BCUT2D eigenvalue weighted by atomic mass is 15.3. The van der Waals surface area contributed by atoms with E-state index < -0.39 is 0 Å². The summed E-state index contributed by atoms with van der Waals surface area (Å²) in [5.41, 5.74) is 3.00. The second kappa shape index (κ2) is 5.14. The van der Waals surface area contributed by atoms with Crippen molar-refractivity contribution >= 4 is 11.4 Å². The Labute approximate surface area is 112 Å². The van der Waals surface area contributed by atoms with Gasteiger partial charge in [-0.15, -0.1) is 0 Å². The van der Waals surface area contributed by atoms with Crippen LogP contribution in [0.4, 0.5) is 0 Å². The quantitative estimate of drug-likeness (QED) is 0.583. The van der Waals surface area contributed by atoms with Crippen LogP contribution in [-0.2, 0) is 0 Å². The van der Waals surface area contributed by atoms with Crippen LogP contribution in [0, 0.1) is 0 Å². The summed E-state index contributed by atoms with van der Waals surface area (Å²) in [6.45, 7) is 13.9. The van der Waals surface area contributed by atoms with Gasteiger partial charge in [0.1, 0.15) is 11.4 Å². The highest BCUT2D eigenvalue weighted by molar-refractivity contribution is 5.75. The Bertz CT molecular complexity index is 346. The topological polar surface area (TPSA) is 6.02 Å². The first-order valence-corrected chi connectivity index (χ1v) is 7.62. The van der Waals surface area contributed by atoms with Crippen molar-refractivity contribution in [1.29, 1.82) is 0 Å². The molecule has 0 bridgehead atoms. The zero-order chi connectivity index (χ0) is 13.4. The van der Waals surface area contributed by atoms with Crippen molar-refractivity contribution in [3.05, 3.63) is 0 Å². The molecule has 0 N–H and O–H groups in total. The minimum absolute atomic E-state index is 0.629. The molecule has 0 amide bonds. The third-order valence-electron chi connectivity index (χ3n) is 5.02. The fraction of sp³-hybridized carbons (Fsp3) is 0.875. The molecule has 0 radical (unpaired) electrons.